The van der Waals surface area contributed by atoms with Crippen LogP contribution in [0.1, 0.15) is 5.56 Å². The van der Waals surface area contributed by atoms with E-state index >= 15 is 0 Å². The van der Waals surface area contributed by atoms with E-state index in [9.17, 15) is 8.42 Å². The van der Waals surface area contributed by atoms with Gasteiger partial charge in [-0.05, 0) is 48.0 Å². The predicted molar refractivity (Wildman–Crippen MR) is 113 cm³/mol. The Labute approximate surface area is 173 Å². The number of anilines is 1. The van der Waals surface area contributed by atoms with E-state index in [1.54, 1.807) is 37.4 Å². The van der Waals surface area contributed by atoms with E-state index in [0.717, 1.165) is 10.0 Å². The number of halogens is 1. The number of benzene rings is 3. The molecule has 0 unspecified atom stereocenters. The van der Waals surface area contributed by atoms with Crippen molar-refractivity contribution in [3.63, 3.8) is 0 Å². The van der Waals surface area contributed by atoms with Gasteiger partial charge in [-0.2, -0.15) is 0 Å². The van der Waals surface area contributed by atoms with Crippen molar-refractivity contribution in [2.45, 2.75) is 11.4 Å². The fourth-order valence-electron chi connectivity index (χ4n) is 2.73. The number of nitrogens with zero attached hydrogens (tertiary/aromatic N) is 1. The molecule has 0 fully saturated rings. The highest BCUT2D eigenvalue weighted by molar-refractivity contribution is 9.10. The van der Waals surface area contributed by atoms with Crippen LogP contribution in [0.2, 0.25) is 0 Å². The molecule has 0 atom stereocenters. The maximum atomic E-state index is 13.5. The van der Waals surface area contributed by atoms with E-state index in [1.165, 1.54) is 17.5 Å². The molecule has 146 valence electrons. The number of rotatable bonds is 7. The van der Waals surface area contributed by atoms with Crippen molar-refractivity contribution >= 4 is 31.6 Å². The standard InChI is InChI=1S/C21H20BrNO4S/c1-26-19-11-9-16(10-12-19)15-23(18-6-3-5-17(22)13-18)28(24,25)21-8-4-7-20(14-21)27-2/h3-14H,15H2,1-2H3. The fraction of sp³-hybridized carbons (Fsp3) is 0.143. The van der Waals surface area contributed by atoms with Crippen LogP contribution in [0.15, 0.2) is 82.2 Å². The van der Waals surface area contributed by atoms with Gasteiger partial charge >= 0.3 is 0 Å². The molecule has 0 bridgehead atoms. The number of sulfonamides is 1. The Kier molecular flexibility index (Phi) is 6.26. The molecule has 0 aliphatic carbocycles. The van der Waals surface area contributed by atoms with E-state index in [1.807, 2.05) is 36.4 Å². The normalized spacial score (nSPS) is 11.1. The Morgan fingerprint density at radius 1 is 0.857 bits per heavy atom. The minimum absolute atomic E-state index is 0.167. The molecule has 0 N–H and O–H groups in total. The zero-order valence-corrected chi connectivity index (χ0v) is 17.9. The van der Waals surface area contributed by atoms with Crippen molar-refractivity contribution in [1.82, 2.24) is 0 Å². The Balaban J connectivity index is 2.06. The van der Waals surface area contributed by atoms with Crippen molar-refractivity contribution in [2.24, 2.45) is 0 Å². The van der Waals surface area contributed by atoms with Crippen LogP contribution in [0.4, 0.5) is 5.69 Å². The first-order valence-corrected chi connectivity index (χ1v) is 10.7. The molecular formula is C21H20BrNO4S. The summed E-state index contributed by atoms with van der Waals surface area (Å²) >= 11 is 3.42. The van der Waals surface area contributed by atoms with Gasteiger partial charge in [0.15, 0.2) is 0 Å². The van der Waals surface area contributed by atoms with Crippen LogP contribution in [-0.2, 0) is 16.6 Å². The first-order chi connectivity index (χ1) is 13.4. The van der Waals surface area contributed by atoms with E-state index < -0.39 is 10.0 Å². The Hall–Kier alpha value is -2.51. The van der Waals surface area contributed by atoms with E-state index in [0.29, 0.717) is 17.2 Å². The maximum Gasteiger partial charge on any atom is 0.264 e. The van der Waals surface area contributed by atoms with Crippen LogP contribution >= 0.6 is 15.9 Å². The molecule has 0 aliphatic rings. The Morgan fingerprint density at radius 3 is 2.18 bits per heavy atom. The molecule has 7 heteroatoms. The lowest BCUT2D eigenvalue weighted by Gasteiger charge is -2.25. The summed E-state index contributed by atoms with van der Waals surface area (Å²) in [6.07, 6.45) is 0. The van der Waals surface area contributed by atoms with Crippen LogP contribution in [0, 0.1) is 0 Å². The van der Waals surface area contributed by atoms with Crippen molar-refractivity contribution in [1.29, 1.82) is 0 Å². The van der Waals surface area contributed by atoms with E-state index in [-0.39, 0.29) is 11.4 Å². The lowest BCUT2D eigenvalue weighted by molar-refractivity contribution is 0.413. The van der Waals surface area contributed by atoms with Gasteiger partial charge in [-0.1, -0.05) is 40.2 Å². The lowest BCUT2D eigenvalue weighted by Crippen LogP contribution is -2.30. The van der Waals surface area contributed by atoms with Crippen molar-refractivity contribution in [2.75, 3.05) is 18.5 Å². The topological polar surface area (TPSA) is 55.8 Å². The van der Waals surface area contributed by atoms with Crippen LogP contribution in [-0.4, -0.2) is 22.6 Å². The summed E-state index contributed by atoms with van der Waals surface area (Å²) in [4.78, 5) is 0.167. The third-order valence-corrected chi connectivity index (χ3v) is 6.47. The number of ether oxygens (including phenoxy) is 2. The van der Waals surface area contributed by atoms with Crippen LogP contribution in [0.3, 0.4) is 0 Å². The van der Waals surface area contributed by atoms with Gasteiger partial charge in [-0.3, -0.25) is 4.31 Å². The van der Waals surface area contributed by atoms with Gasteiger partial charge in [0.05, 0.1) is 31.3 Å². The second-order valence-electron chi connectivity index (χ2n) is 6.02. The second-order valence-corrected chi connectivity index (χ2v) is 8.80. The summed E-state index contributed by atoms with van der Waals surface area (Å²) in [5, 5.41) is 0. The van der Waals surface area contributed by atoms with Gasteiger partial charge < -0.3 is 9.47 Å². The minimum atomic E-state index is -3.82. The molecule has 0 aromatic heterocycles. The van der Waals surface area contributed by atoms with Crippen molar-refractivity contribution < 1.29 is 17.9 Å². The van der Waals surface area contributed by atoms with Gasteiger partial charge in [0.2, 0.25) is 0 Å². The van der Waals surface area contributed by atoms with Gasteiger partial charge in [-0.25, -0.2) is 8.42 Å². The molecule has 3 rings (SSSR count). The molecular weight excluding hydrogens is 442 g/mol. The summed E-state index contributed by atoms with van der Waals surface area (Å²) in [6.45, 7) is 0.181. The van der Waals surface area contributed by atoms with Crippen LogP contribution in [0.5, 0.6) is 11.5 Å². The molecule has 0 aliphatic heterocycles. The monoisotopic (exact) mass is 461 g/mol. The fourth-order valence-corrected chi connectivity index (χ4v) is 4.60. The third kappa shape index (κ3) is 4.48. The van der Waals surface area contributed by atoms with E-state index in [4.69, 9.17) is 9.47 Å². The Bertz CT molecular complexity index is 1050. The molecule has 28 heavy (non-hydrogen) atoms. The minimum Gasteiger partial charge on any atom is -0.497 e. The molecule has 3 aromatic carbocycles. The first kappa shape index (κ1) is 20.2. The SMILES string of the molecule is COc1ccc(CN(c2cccc(Br)c2)S(=O)(=O)c2cccc(OC)c2)cc1. The summed E-state index contributed by atoms with van der Waals surface area (Å²) < 4.78 is 39.5. The smallest absolute Gasteiger partial charge is 0.264 e. The quantitative estimate of drug-likeness (QED) is 0.503. The molecule has 3 aromatic rings. The summed E-state index contributed by atoms with van der Waals surface area (Å²) in [6, 6.07) is 21.0. The molecule has 0 radical (unpaired) electrons. The summed E-state index contributed by atoms with van der Waals surface area (Å²) in [7, 11) is -0.714. The largest absolute Gasteiger partial charge is 0.497 e. The third-order valence-electron chi connectivity index (χ3n) is 4.21. The van der Waals surface area contributed by atoms with Crippen LogP contribution < -0.4 is 13.8 Å². The second kappa shape index (κ2) is 8.67. The first-order valence-electron chi connectivity index (χ1n) is 8.49. The zero-order chi connectivity index (χ0) is 20.1. The number of hydrogen-bond acceptors (Lipinski definition) is 4. The summed E-state index contributed by atoms with van der Waals surface area (Å²) in [5.41, 5.74) is 1.40. The van der Waals surface area contributed by atoms with Crippen molar-refractivity contribution in [3.8, 4) is 11.5 Å². The Morgan fingerprint density at radius 2 is 1.54 bits per heavy atom. The average molecular weight is 462 g/mol. The molecule has 5 nitrogen and oxygen atoms in total. The van der Waals surface area contributed by atoms with Gasteiger partial charge in [0.25, 0.3) is 10.0 Å². The highest BCUT2D eigenvalue weighted by atomic mass is 79.9. The van der Waals surface area contributed by atoms with Gasteiger partial charge in [0.1, 0.15) is 11.5 Å². The molecule has 0 saturated carbocycles. The number of hydrogen-bond donors (Lipinski definition) is 0. The number of methoxy groups -OCH3 is 2. The van der Waals surface area contributed by atoms with E-state index in [2.05, 4.69) is 15.9 Å². The highest BCUT2D eigenvalue weighted by Gasteiger charge is 2.26. The van der Waals surface area contributed by atoms with Crippen LogP contribution in [0.25, 0.3) is 0 Å². The van der Waals surface area contributed by atoms with Gasteiger partial charge in [0, 0.05) is 10.5 Å². The molecule has 0 saturated heterocycles. The maximum absolute atomic E-state index is 13.5. The molecule has 0 amide bonds. The lowest BCUT2D eigenvalue weighted by atomic mass is 10.2. The zero-order valence-electron chi connectivity index (χ0n) is 15.5. The van der Waals surface area contributed by atoms with Gasteiger partial charge in [-0.15, -0.1) is 0 Å². The predicted octanol–water partition coefficient (Wildman–Crippen LogP) is 4.86. The molecule has 0 heterocycles. The highest BCUT2D eigenvalue weighted by Crippen LogP contribution is 2.29. The summed E-state index contributed by atoms with van der Waals surface area (Å²) in [5.74, 6) is 1.20. The molecule has 0 spiro atoms. The average Bonchev–Trinajstić information content (AvgIpc) is 2.72. The van der Waals surface area contributed by atoms with Crippen molar-refractivity contribution in [3.05, 3.63) is 82.8 Å².